The summed E-state index contributed by atoms with van der Waals surface area (Å²) in [5.41, 5.74) is 2.33. The molecule has 148 valence electrons. The van der Waals surface area contributed by atoms with Crippen molar-refractivity contribution in [1.29, 1.82) is 0 Å². The van der Waals surface area contributed by atoms with Crippen molar-refractivity contribution in [3.05, 3.63) is 54.1 Å². The summed E-state index contributed by atoms with van der Waals surface area (Å²) in [5, 5.41) is 0.700. The maximum absolute atomic E-state index is 5.96. The lowest BCUT2D eigenvalue weighted by molar-refractivity contribution is 0.248. The first kappa shape index (κ1) is 19.4. The molecule has 2 heterocycles. The molecular weight excluding hydrogens is 366 g/mol. The molecule has 1 aliphatic heterocycles. The van der Waals surface area contributed by atoms with Gasteiger partial charge in [-0.2, -0.15) is 0 Å². The Balaban J connectivity index is 1.29. The van der Waals surface area contributed by atoms with Gasteiger partial charge in [-0.3, -0.25) is 4.90 Å². The molecule has 0 saturated carbocycles. The van der Waals surface area contributed by atoms with Crippen LogP contribution in [0.3, 0.4) is 0 Å². The highest BCUT2D eigenvalue weighted by Gasteiger charge is 2.12. The first-order chi connectivity index (χ1) is 13.8. The van der Waals surface area contributed by atoms with E-state index in [1.807, 2.05) is 18.2 Å². The van der Waals surface area contributed by atoms with E-state index in [0.717, 1.165) is 35.6 Å². The fourth-order valence-electron chi connectivity index (χ4n) is 3.79. The molecule has 3 aromatic rings. The van der Waals surface area contributed by atoms with Crippen LogP contribution in [0.4, 0.5) is 0 Å². The Hall–Kier alpha value is -1.95. The van der Waals surface area contributed by atoms with Crippen molar-refractivity contribution in [2.45, 2.75) is 32.7 Å². The lowest BCUT2D eigenvalue weighted by Gasteiger charge is -2.22. The molecule has 1 saturated heterocycles. The van der Waals surface area contributed by atoms with Gasteiger partial charge in [0.2, 0.25) is 0 Å². The molecule has 2 aromatic carbocycles. The van der Waals surface area contributed by atoms with Gasteiger partial charge in [0.05, 0.1) is 10.2 Å². The van der Waals surface area contributed by atoms with Crippen molar-refractivity contribution in [1.82, 2.24) is 14.8 Å². The molecule has 0 spiro atoms. The van der Waals surface area contributed by atoms with Gasteiger partial charge in [0.1, 0.15) is 5.75 Å². The van der Waals surface area contributed by atoms with Crippen LogP contribution < -0.4 is 4.74 Å². The average molecular weight is 396 g/mol. The van der Waals surface area contributed by atoms with Gasteiger partial charge in [-0.05, 0) is 81.8 Å². The quantitative estimate of drug-likeness (QED) is 0.485. The van der Waals surface area contributed by atoms with E-state index in [1.165, 1.54) is 44.5 Å². The van der Waals surface area contributed by atoms with E-state index in [2.05, 4.69) is 52.0 Å². The zero-order valence-corrected chi connectivity index (χ0v) is 17.5. The summed E-state index contributed by atoms with van der Waals surface area (Å²) in [6.07, 6.45) is 4.01. The Bertz CT molecular complexity index is 838. The second kappa shape index (κ2) is 9.50. The van der Waals surface area contributed by atoms with Crippen molar-refractivity contribution < 1.29 is 4.74 Å². The number of para-hydroxylation sites is 1. The van der Waals surface area contributed by atoms with Crippen LogP contribution in [0.1, 0.15) is 31.7 Å². The molecule has 28 heavy (non-hydrogen) atoms. The number of hydrogen-bond donors (Lipinski definition) is 0. The number of benzene rings is 2. The van der Waals surface area contributed by atoms with Gasteiger partial charge < -0.3 is 9.64 Å². The molecule has 0 atom stereocenters. The van der Waals surface area contributed by atoms with Crippen molar-refractivity contribution in [2.75, 3.05) is 32.7 Å². The number of ether oxygens (including phenoxy) is 1. The first-order valence-corrected chi connectivity index (χ1v) is 11.2. The molecule has 4 rings (SSSR count). The Morgan fingerprint density at radius 3 is 2.61 bits per heavy atom. The van der Waals surface area contributed by atoms with E-state index < -0.39 is 0 Å². The van der Waals surface area contributed by atoms with E-state index in [0.29, 0.717) is 5.19 Å². The zero-order chi connectivity index (χ0) is 19.2. The third-order valence-electron chi connectivity index (χ3n) is 5.40. The molecule has 0 radical (unpaired) electrons. The summed E-state index contributed by atoms with van der Waals surface area (Å²) >= 11 is 1.58. The number of hydrogen-bond acceptors (Lipinski definition) is 5. The molecule has 1 aromatic heterocycles. The van der Waals surface area contributed by atoms with E-state index in [1.54, 1.807) is 11.3 Å². The van der Waals surface area contributed by atoms with Crippen LogP contribution in [-0.4, -0.2) is 47.5 Å². The number of nitrogens with zero attached hydrogens (tertiary/aromatic N) is 3. The van der Waals surface area contributed by atoms with Gasteiger partial charge in [0.15, 0.2) is 0 Å². The third-order valence-corrected chi connectivity index (χ3v) is 6.32. The minimum Gasteiger partial charge on any atom is -0.431 e. The molecule has 1 aliphatic rings. The molecule has 0 unspecified atom stereocenters. The predicted molar refractivity (Wildman–Crippen MR) is 117 cm³/mol. The zero-order valence-electron chi connectivity index (χ0n) is 16.6. The molecule has 5 heteroatoms. The van der Waals surface area contributed by atoms with Crippen molar-refractivity contribution >= 4 is 21.6 Å². The largest absolute Gasteiger partial charge is 0.431 e. The van der Waals surface area contributed by atoms with Gasteiger partial charge in [0, 0.05) is 6.54 Å². The van der Waals surface area contributed by atoms with Gasteiger partial charge in [-0.25, -0.2) is 4.98 Å². The predicted octanol–water partition coefficient (Wildman–Crippen LogP) is 5.40. The first-order valence-electron chi connectivity index (χ1n) is 10.4. The van der Waals surface area contributed by atoms with Crippen LogP contribution >= 0.6 is 11.3 Å². The van der Waals surface area contributed by atoms with E-state index in [-0.39, 0.29) is 0 Å². The van der Waals surface area contributed by atoms with E-state index in [9.17, 15) is 0 Å². The molecule has 0 N–H and O–H groups in total. The minimum atomic E-state index is 0.700. The molecular formula is C23H29N3OS. The van der Waals surface area contributed by atoms with Crippen LogP contribution in [0.2, 0.25) is 0 Å². The Kier molecular flexibility index (Phi) is 6.57. The van der Waals surface area contributed by atoms with Crippen LogP contribution in [0.5, 0.6) is 10.9 Å². The maximum Gasteiger partial charge on any atom is 0.279 e. The Labute approximate surface area is 171 Å². The second-order valence-corrected chi connectivity index (χ2v) is 8.46. The van der Waals surface area contributed by atoms with Gasteiger partial charge in [-0.15, -0.1) is 0 Å². The molecule has 0 bridgehead atoms. The van der Waals surface area contributed by atoms with Crippen molar-refractivity contribution in [3.63, 3.8) is 0 Å². The topological polar surface area (TPSA) is 28.6 Å². The summed E-state index contributed by atoms with van der Waals surface area (Å²) in [6, 6.07) is 16.6. The lowest BCUT2D eigenvalue weighted by atomic mass is 10.2. The fraction of sp³-hybridized carbons (Fsp3) is 0.435. The van der Waals surface area contributed by atoms with Gasteiger partial charge >= 0.3 is 0 Å². The average Bonchev–Trinajstić information content (AvgIpc) is 3.37. The second-order valence-electron chi connectivity index (χ2n) is 7.46. The third kappa shape index (κ3) is 5.10. The Morgan fingerprint density at radius 1 is 1.07 bits per heavy atom. The van der Waals surface area contributed by atoms with E-state index in [4.69, 9.17) is 4.74 Å². The number of rotatable bonds is 9. The van der Waals surface area contributed by atoms with Gasteiger partial charge in [0.25, 0.3) is 5.19 Å². The smallest absolute Gasteiger partial charge is 0.279 e. The molecule has 0 amide bonds. The summed E-state index contributed by atoms with van der Waals surface area (Å²) in [4.78, 5) is 9.67. The van der Waals surface area contributed by atoms with Crippen LogP contribution in [-0.2, 0) is 6.54 Å². The number of aromatic nitrogens is 1. The normalized spacial score (nSPS) is 14.9. The van der Waals surface area contributed by atoms with Crippen molar-refractivity contribution in [2.24, 2.45) is 0 Å². The fourth-order valence-corrected chi connectivity index (χ4v) is 4.62. The molecule has 0 aliphatic carbocycles. The summed E-state index contributed by atoms with van der Waals surface area (Å²) < 4.78 is 7.11. The highest BCUT2D eigenvalue weighted by molar-refractivity contribution is 7.20. The number of thiazole rings is 1. The van der Waals surface area contributed by atoms with Crippen LogP contribution in [0, 0.1) is 0 Å². The monoisotopic (exact) mass is 395 g/mol. The van der Waals surface area contributed by atoms with Gasteiger partial charge in [-0.1, -0.05) is 42.5 Å². The lowest BCUT2D eigenvalue weighted by Crippen LogP contribution is -2.28. The van der Waals surface area contributed by atoms with Crippen LogP contribution in [0.25, 0.3) is 10.2 Å². The highest BCUT2D eigenvalue weighted by Crippen LogP contribution is 2.31. The summed E-state index contributed by atoms with van der Waals surface area (Å²) in [5.74, 6) is 0.847. The summed E-state index contributed by atoms with van der Waals surface area (Å²) in [6.45, 7) is 9.33. The standard InChI is InChI=1S/C23H29N3OS/c1-2-25(16-7-17-26-14-5-6-15-26)18-19-10-12-20(13-11-19)27-23-24-21-8-3-4-9-22(21)28-23/h3-4,8-13H,2,5-7,14-18H2,1H3. The SMILES string of the molecule is CCN(CCCN1CCCC1)Cc1ccc(Oc2nc3ccccc3s2)cc1. The van der Waals surface area contributed by atoms with Crippen molar-refractivity contribution in [3.8, 4) is 10.9 Å². The summed E-state index contributed by atoms with van der Waals surface area (Å²) in [7, 11) is 0. The van der Waals surface area contributed by atoms with E-state index >= 15 is 0 Å². The molecule has 1 fully saturated rings. The Morgan fingerprint density at radius 2 is 1.86 bits per heavy atom. The molecule has 4 nitrogen and oxygen atoms in total. The number of likely N-dealkylation sites (tertiary alicyclic amines) is 1. The minimum absolute atomic E-state index is 0.700. The highest BCUT2D eigenvalue weighted by atomic mass is 32.1. The maximum atomic E-state index is 5.96. The van der Waals surface area contributed by atoms with Crippen LogP contribution in [0.15, 0.2) is 48.5 Å². The number of fused-ring (bicyclic) bond motifs is 1.